The monoisotopic (exact) mass is 155 g/mol. The maximum Gasteiger partial charge on any atom is 0.0877 e. The molecule has 0 aromatic rings. The Hall–Kier alpha value is -0.370. The van der Waals surface area contributed by atoms with E-state index < -0.39 is 0 Å². The normalized spacial score (nSPS) is 41.8. The first-order valence-electron chi connectivity index (χ1n) is 4.32. The van der Waals surface area contributed by atoms with Crippen molar-refractivity contribution in [3.05, 3.63) is 11.9 Å². The number of hydrogen-bond donors (Lipinski definition) is 0. The Labute approximate surface area is 66.9 Å². The second kappa shape index (κ2) is 2.31. The number of fused-ring (bicyclic) bond motifs is 1. The molecule has 0 bridgehead atoms. The Bertz CT molecular complexity index is 200. The first kappa shape index (κ1) is 7.29. The van der Waals surface area contributed by atoms with Crippen LogP contribution in [-0.4, -0.2) is 23.5 Å². The van der Waals surface area contributed by atoms with Crippen molar-refractivity contribution in [1.82, 2.24) is 4.90 Å². The smallest absolute Gasteiger partial charge is 0.0877 e. The van der Waals surface area contributed by atoms with Crippen LogP contribution in [-0.2, 0) is 0 Å². The highest BCUT2D eigenvalue weighted by Crippen LogP contribution is 2.42. The molecule has 0 amide bonds. The summed E-state index contributed by atoms with van der Waals surface area (Å²) >= 11 is 0. The van der Waals surface area contributed by atoms with Crippen LogP contribution in [0.1, 0.15) is 26.2 Å². The zero-order chi connectivity index (χ0) is 7.90. The van der Waals surface area contributed by atoms with E-state index in [0.29, 0.717) is 0 Å². The third-order valence-corrected chi connectivity index (χ3v) is 3.26. The van der Waals surface area contributed by atoms with Gasteiger partial charge in [-0.1, -0.05) is 0 Å². The maximum absolute atomic E-state index is 12.4. The first-order chi connectivity index (χ1) is 5.27. The van der Waals surface area contributed by atoms with Crippen LogP contribution < -0.4 is 0 Å². The van der Waals surface area contributed by atoms with E-state index in [2.05, 4.69) is 11.8 Å². The van der Waals surface area contributed by atoms with E-state index >= 15 is 0 Å². The molecule has 0 radical (unpaired) electrons. The van der Waals surface area contributed by atoms with Crippen molar-refractivity contribution in [3.63, 3.8) is 0 Å². The van der Waals surface area contributed by atoms with Gasteiger partial charge in [-0.05, 0) is 38.3 Å². The van der Waals surface area contributed by atoms with E-state index in [4.69, 9.17) is 0 Å². The zero-order valence-electron chi connectivity index (χ0n) is 6.94. The largest absolute Gasteiger partial charge is 0.294 e. The van der Waals surface area contributed by atoms with Crippen LogP contribution in [0.3, 0.4) is 0 Å². The number of halogens is 1. The first-order valence-corrected chi connectivity index (χ1v) is 4.32. The van der Waals surface area contributed by atoms with Gasteiger partial charge in [0.2, 0.25) is 0 Å². The van der Waals surface area contributed by atoms with Crippen molar-refractivity contribution >= 4 is 0 Å². The highest BCUT2D eigenvalue weighted by atomic mass is 19.1. The average Bonchev–Trinajstić information content (AvgIpc) is 2.44. The van der Waals surface area contributed by atoms with Crippen molar-refractivity contribution in [2.75, 3.05) is 13.1 Å². The van der Waals surface area contributed by atoms with E-state index in [1.807, 2.05) is 0 Å². The molecular weight excluding hydrogens is 141 g/mol. The number of hydrogen-bond acceptors (Lipinski definition) is 1. The SMILES string of the molecule is C[C@]12CCCN1CC/C2=C\F. The fraction of sp³-hybridized carbons (Fsp3) is 0.778. The fourth-order valence-corrected chi connectivity index (χ4v) is 2.44. The molecule has 2 saturated heterocycles. The molecule has 0 aliphatic carbocycles. The maximum atomic E-state index is 12.4. The topological polar surface area (TPSA) is 3.24 Å². The van der Waals surface area contributed by atoms with Gasteiger partial charge < -0.3 is 0 Å². The highest BCUT2D eigenvalue weighted by molar-refractivity contribution is 5.24. The van der Waals surface area contributed by atoms with Crippen LogP contribution in [0, 0.1) is 0 Å². The van der Waals surface area contributed by atoms with Crippen LogP contribution in [0.5, 0.6) is 0 Å². The molecule has 0 unspecified atom stereocenters. The lowest BCUT2D eigenvalue weighted by atomic mass is 9.92. The van der Waals surface area contributed by atoms with Crippen LogP contribution >= 0.6 is 0 Å². The Kier molecular flexibility index (Phi) is 1.53. The Morgan fingerprint density at radius 2 is 2.36 bits per heavy atom. The van der Waals surface area contributed by atoms with Crippen molar-refractivity contribution < 1.29 is 4.39 Å². The molecular formula is C9H14FN. The third kappa shape index (κ3) is 0.853. The van der Waals surface area contributed by atoms with Gasteiger partial charge in [0.1, 0.15) is 0 Å². The molecule has 1 atom stereocenters. The van der Waals surface area contributed by atoms with Crippen LogP contribution in [0.4, 0.5) is 4.39 Å². The lowest BCUT2D eigenvalue weighted by molar-refractivity contribution is 0.243. The summed E-state index contributed by atoms with van der Waals surface area (Å²) in [5.41, 5.74) is 1.10. The molecule has 2 rings (SSSR count). The van der Waals surface area contributed by atoms with Crippen LogP contribution in [0.2, 0.25) is 0 Å². The molecule has 0 saturated carbocycles. The van der Waals surface area contributed by atoms with Gasteiger partial charge in [-0.15, -0.1) is 0 Å². The highest BCUT2D eigenvalue weighted by Gasteiger charge is 2.43. The molecule has 2 heteroatoms. The summed E-state index contributed by atoms with van der Waals surface area (Å²) in [6.45, 7) is 4.39. The van der Waals surface area contributed by atoms with E-state index in [1.165, 1.54) is 6.42 Å². The second-order valence-electron chi connectivity index (χ2n) is 3.75. The van der Waals surface area contributed by atoms with Gasteiger partial charge in [0.25, 0.3) is 0 Å². The van der Waals surface area contributed by atoms with Gasteiger partial charge in [0, 0.05) is 12.1 Å². The molecule has 2 aliphatic heterocycles. The van der Waals surface area contributed by atoms with E-state index in [-0.39, 0.29) is 5.54 Å². The standard InChI is InChI=1S/C9H14FN/c1-9-4-2-5-11(9)6-3-8(9)7-10/h7H,2-6H2,1H3/b8-7+/t9-/m1/s1. The molecule has 0 aromatic carbocycles. The molecule has 1 nitrogen and oxygen atoms in total. The summed E-state index contributed by atoms with van der Waals surface area (Å²) < 4.78 is 12.4. The van der Waals surface area contributed by atoms with Crippen molar-refractivity contribution in [1.29, 1.82) is 0 Å². The summed E-state index contributed by atoms with van der Waals surface area (Å²) in [5.74, 6) is 0. The van der Waals surface area contributed by atoms with Gasteiger partial charge in [-0.3, -0.25) is 4.90 Å². The minimum absolute atomic E-state index is 0.0920. The Morgan fingerprint density at radius 1 is 1.55 bits per heavy atom. The fourth-order valence-electron chi connectivity index (χ4n) is 2.44. The molecule has 2 heterocycles. The molecule has 2 fully saturated rings. The minimum Gasteiger partial charge on any atom is -0.294 e. The molecule has 0 N–H and O–H groups in total. The van der Waals surface area contributed by atoms with Crippen molar-refractivity contribution in [2.45, 2.75) is 31.7 Å². The summed E-state index contributed by atoms with van der Waals surface area (Å²) in [7, 11) is 0. The van der Waals surface area contributed by atoms with Gasteiger partial charge in [-0.25, -0.2) is 4.39 Å². The van der Waals surface area contributed by atoms with Crippen molar-refractivity contribution in [2.24, 2.45) is 0 Å². The van der Waals surface area contributed by atoms with Crippen molar-refractivity contribution in [3.8, 4) is 0 Å². The predicted molar refractivity (Wildman–Crippen MR) is 43.0 cm³/mol. The second-order valence-corrected chi connectivity index (χ2v) is 3.75. The number of rotatable bonds is 0. The molecule has 62 valence electrons. The summed E-state index contributed by atoms with van der Waals surface area (Å²) in [6, 6.07) is 0. The summed E-state index contributed by atoms with van der Waals surface area (Å²) in [5, 5.41) is 0. The predicted octanol–water partition coefficient (Wildman–Crippen LogP) is 2.10. The molecule has 2 aliphatic rings. The molecule has 0 spiro atoms. The zero-order valence-corrected chi connectivity index (χ0v) is 6.94. The van der Waals surface area contributed by atoms with E-state index in [1.54, 1.807) is 0 Å². The average molecular weight is 155 g/mol. The summed E-state index contributed by atoms with van der Waals surface area (Å²) in [6.07, 6.45) is 4.13. The summed E-state index contributed by atoms with van der Waals surface area (Å²) in [4.78, 5) is 2.40. The van der Waals surface area contributed by atoms with E-state index in [0.717, 1.165) is 37.8 Å². The van der Waals surface area contributed by atoms with Crippen LogP contribution in [0.15, 0.2) is 11.9 Å². The van der Waals surface area contributed by atoms with E-state index in [9.17, 15) is 4.39 Å². The minimum atomic E-state index is 0.0920. The lowest BCUT2D eigenvalue weighted by Gasteiger charge is -2.27. The lowest BCUT2D eigenvalue weighted by Crippen LogP contribution is -2.35. The van der Waals surface area contributed by atoms with Gasteiger partial charge in [0.15, 0.2) is 0 Å². The molecule has 0 aromatic heterocycles. The Balaban J connectivity index is 2.30. The van der Waals surface area contributed by atoms with Gasteiger partial charge in [-0.2, -0.15) is 0 Å². The third-order valence-electron chi connectivity index (χ3n) is 3.26. The van der Waals surface area contributed by atoms with Gasteiger partial charge in [0.05, 0.1) is 6.33 Å². The van der Waals surface area contributed by atoms with Crippen LogP contribution in [0.25, 0.3) is 0 Å². The Morgan fingerprint density at radius 3 is 3.09 bits per heavy atom. The molecule has 11 heavy (non-hydrogen) atoms. The van der Waals surface area contributed by atoms with Gasteiger partial charge >= 0.3 is 0 Å². The number of nitrogens with zero attached hydrogens (tertiary/aromatic N) is 1. The quantitative estimate of drug-likeness (QED) is 0.518.